The molecule has 1 aliphatic rings. The van der Waals surface area contributed by atoms with Gasteiger partial charge in [-0.1, -0.05) is 6.07 Å². The topological polar surface area (TPSA) is 66.2 Å². The standard InChI is InChI=1S/C7H4N2O3/c10-4-5-2-1-3-6-7(5)8-12-9(6)11/h1-3,9H. The van der Waals surface area contributed by atoms with Crippen molar-refractivity contribution < 1.29 is 15.0 Å². The van der Waals surface area contributed by atoms with Crippen LogP contribution in [0.1, 0.15) is 0 Å². The first-order valence-corrected chi connectivity index (χ1v) is 3.26. The first-order valence-electron chi connectivity index (χ1n) is 3.26. The zero-order valence-electron chi connectivity index (χ0n) is 5.90. The molecule has 0 bridgehead atoms. The van der Waals surface area contributed by atoms with Crippen LogP contribution in [0, 0.1) is 5.21 Å². The Morgan fingerprint density at radius 1 is 1.58 bits per heavy atom. The highest BCUT2D eigenvalue weighted by molar-refractivity contribution is 5.48. The molecule has 12 heavy (non-hydrogen) atoms. The average Bonchev–Trinajstić information content (AvgIpc) is 2.48. The molecule has 0 amide bonds. The van der Waals surface area contributed by atoms with Gasteiger partial charge < -0.3 is 5.21 Å². The lowest BCUT2D eigenvalue weighted by molar-refractivity contribution is -0.993. The highest BCUT2D eigenvalue weighted by Gasteiger charge is 2.15. The molecule has 5 heteroatoms. The molecule has 1 unspecified atom stereocenters. The predicted octanol–water partition coefficient (Wildman–Crippen LogP) is -2.32. The number of carbonyl (C=O) groups excluding carboxylic acids is 1. The summed E-state index contributed by atoms with van der Waals surface area (Å²) in [5, 5.41) is 14.3. The number of nitrogens with one attached hydrogen (secondary N) is 1. The van der Waals surface area contributed by atoms with Gasteiger partial charge in [-0.15, -0.1) is 5.23 Å². The third-order valence-corrected chi connectivity index (χ3v) is 1.59. The smallest absolute Gasteiger partial charge is 0.206 e. The Hall–Kier alpha value is -1.68. The van der Waals surface area contributed by atoms with Crippen molar-refractivity contribution in [2.24, 2.45) is 5.16 Å². The Bertz CT molecular complexity index is 450. The second-order valence-electron chi connectivity index (χ2n) is 2.27. The molecule has 0 radical (unpaired) electrons. The van der Waals surface area contributed by atoms with E-state index in [2.05, 4.69) is 10.1 Å². The number of hydrogen-bond acceptors (Lipinski definition) is 4. The van der Waals surface area contributed by atoms with Crippen LogP contribution >= 0.6 is 0 Å². The molecular weight excluding hydrogens is 160 g/mol. The van der Waals surface area contributed by atoms with Gasteiger partial charge in [0.25, 0.3) is 0 Å². The van der Waals surface area contributed by atoms with Crippen LogP contribution in [0.4, 0.5) is 5.69 Å². The van der Waals surface area contributed by atoms with E-state index >= 15 is 0 Å². The van der Waals surface area contributed by atoms with Gasteiger partial charge in [0.15, 0.2) is 5.36 Å². The van der Waals surface area contributed by atoms with E-state index in [1.165, 1.54) is 6.07 Å². The summed E-state index contributed by atoms with van der Waals surface area (Å²) in [5.41, 5.74) is 0.316. The lowest BCUT2D eigenvalue weighted by atomic mass is 10.2. The number of fused-ring (bicyclic) bond motifs is 1. The molecule has 0 aliphatic carbocycles. The van der Waals surface area contributed by atoms with Gasteiger partial charge >= 0.3 is 0 Å². The number of benzene rings is 1. The van der Waals surface area contributed by atoms with Gasteiger partial charge in [0.2, 0.25) is 5.69 Å². The summed E-state index contributed by atoms with van der Waals surface area (Å²) < 4.78 is 0. The molecule has 0 saturated carbocycles. The van der Waals surface area contributed by atoms with Crippen LogP contribution in [0.25, 0.3) is 0 Å². The molecule has 0 saturated heterocycles. The Kier molecular flexibility index (Phi) is 1.41. The van der Waals surface area contributed by atoms with Crippen molar-refractivity contribution in [1.82, 2.24) is 0 Å². The molecule has 5 nitrogen and oxygen atoms in total. The van der Waals surface area contributed by atoms with E-state index in [9.17, 15) is 10.0 Å². The van der Waals surface area contributed by atoms with Crippen molar-refractivity contribution in [2.75, 3.05) is 0 Å². The van der Waals surface area contributed by atoms with Crippen molar-refractivity contribution in [3.05, 3.63) is 34.0 Å². The minimum atomic E-state index is -0.526. The first kappa shape index (κ1) is 7.00. The van der Waals surface area contributed by atoms with Gasteiger partial charge in [-0.05, 0) is 11.2 Å². The lowest BCUT2D eigenvalue weighted by Gasteiger charge is -2.07. The molecule has 1 aromatic carbocycles. The predicted molar refractivity (Wildman–Crippen MR) is 37.1 cm³/mol. The van der Waals surface area contributed by atoms with Crippen LogP contribution in [0.15, 0.2) is 23.4 Å². The fourth-order valence-corrected chi connectivity index (χ4v) is 1.03. The Balaban J connectivity index is 2.90. The monoisotopic (exact) mass is 164 g/mol. The fraction of sp³-hybridized carbons (Fsp3) is 0. The molecule has 1 aromatic rings. The van der Waals surface area contributed by atoms with E-state index in [1.54, 1.807) is 18.1 Å². The molecule has 1 atom stereocenters. The van der Waals surface area contributed by atoms with Gasteiger partial charge in [-0.2, -0.15) is 4.94 Å². The van der Waals surface area contributed by atoms with Crippen LogP contribution in [0.2, 0.25) is 0 Å². The van der Waals surface area contributed by atoms with Crippen molar-refractivity contribution >= 4 is 11.6 Å². The van der Waals surface area contributed by atoms with Crippen LogP contribution in [0.3, 0.4) is 0 Å². The van der Waals surface area contributed by atoms with E-state index in [0.29, 0.717) is 5.69 Å². The molecule has 1 N–H and O–H groups in total. The summed E-state index contributed by atoms with van der Waals surface area (Å²) in [6, 6.07) is 4.66. The van der Waals surface area contributed by atoms with Crippen molar-refractivity contribution in [1.29, 1.82) is 0 Å². The molecule has 0 fully saturated rings. The summed E-state index contributed by atoms with van der Waals surface area (Å²) >= 11 is 0. The zero-order chi connectivity index (χ0) is 8.55. The summed E-state index contributed by atoms with van der Waals surface area (Å²) in [7, 11) is 0. The molecule has 1 heterocycles. The lowest BCUT2D eigenvalue weighted by Crippen LogP contribution is -2.99. The van der Waals surface area contributed by atoms with Crippen LogP contribution in [-0.4, -0.2) is 5.94 Å². The van der Waals surface area contributed by atoms with Gasteiger partial charge in [-0.3, -0.25) is 0 Å². The van der Waals surface area contributed by atoms with E-state index in [0.717, 1.165) is 0 Å². The largest absolute Gasteiger partial charge is 0.584 e. The molecular formula is C7H4N2O3. The van der Waals surface area contributed by atoms with Crippen LogP contribution in [0.5, 0.6) is 0 Å². The second kappa shape index (κ2) is 2.42. The van der Waals surface area contributed by atoms with Crippen molar-refractivity contribution in [2.45, 2.75) is 0 Å². The summed E-state index contributed by atoms with van der Waals surface area (Å²) in [4.78, 5) is 14.7. The Morgan fingerprint density at radius 2 is 2.42 bits per heavy atom. The Labute approximate surface area is 66.7 Å². The van der Waals surface area contributed by atoms with E-state index in [1.807, 2.05) is 0 Å². The van der Waals surface area contributed by atoms with Gasteiger partial charge in [0.05, 0.1) is 5.22 Å². The first-order chi connectivity index (χ1) is 5.83. The van der Waals surface area contributed by atoms with Crippen molar-refractivity contribution in [3.8, 4) is 0 Å². The number of rotatable bonds is 0. The van der Waals surface area contributed by atoms with Crippen LogP contribution < -0.4 is 15.8 Å². The average molecular weight is 164 g/mol. The fourth-order valence-electron chi connectivity index (χ4n) is 1.03. The maximum Gasteiger partial charge on any atom is 0.206 e. The highest BCUT2D eigenvalue weighted by Crippen LogP contribution is 1.91. The number of quaternary nitrogens is 1. The summed E-state index contributed by atoms with van der Waals surface area (Å²) in [5.74, 6) is 1.67. The molecule has 60 valence electrons. The second-order valence-corrected chi connectivity index (χ2v) is 2.27. The Morgan fingerprint density at radius 3 is 3.17 bits per heavy atom. The molecule has 0 spiro atoms. The van der Waals surface area contributed by atoms with E-state index in [-0.39, 0.29) is 10.6 Å². The van der Waals surface area contributed by atoms with Gasteiger partial charge in [-0.25, -0.2) is 4.79 Å². The molecule has 2 rings (SSSR count). The normalized spacial score (nSPS) is 18.9. The maximum atomic E-state index is 10.9. The molecule has 1 aliphatic heterocycles. The number of hydrogen-bond donors (Lipinski definition) is 1. The zero-order valence-corrected chi connectivity index (χ0v) is 5.90. The third kappa shape index (κ3) is 0.820. The van der Waals surface area contributed by atoms with E-state index < -0.39 is 5.23 Å². The quantitative estimate of drug-likeness (QED) is 0.438. The highest BCUT2D eigenvalue weighted by atomic mass is 17.0. The van der Waals surface area contributed by atoms with E-state index in [4.69, 9.17) is 0 Å². The number of nitrogens with zero attached hydrogens (tertiary/aromatic N) is 1. The summed E-state index contributed by atoms with van der Waals surface area (Å²) in [6.45, 7) is 0. The minimum absolute atomic E-state index is 0.248. The van der Waals surface area contributed by atoms with Crippen LogP contribution in [-0.2, 0) is 9.73 Å². The summed E-state index contributed by atoms with van der Waals surface area (Å²) in [6.07, 6.45) is 0. The van der Waals surface area contributed by atoms with Gasteiger partial charge in [0.1, 0.15) is 5.94 Å². The third-order valence-electron chi connectivity index (χ3n) is 1.59. The van der Waals surface area contributed by atoms with Crippen molar-refractivity contribution in [3.63, 3.8) is 0 Å². The minimum Gasteiger partial charge on any atom is -0.584 e. The maximum absolute atomic E-state index is 10.9. The molecule has 0 aromatic heterocycles. The van der Waals surface area contributed by atoms with Gasteiger partial charge in [0, 0.05) is 6.07 Å². The SMILES string of the molecule is O=C=c1cccc2c1=NO[NH+]2[O-].